The van der Waals surface area contributed by atoms with Crippen molar-refractivity contribution in [2.75, 3.05) is 0 Å². The zero-order chi connectivity index (χ0) is 5.11. The first kappa shape index (κ1) is 5.38. The molecule has 0 heterocycles. The third kappa shape index (κ3) is 1.32. The summed E-state index contributed by atoms with van der Waals surface area (Å²) in [4.78, 5) is 0. The average Bonchev–Trinajstić information content (AvgIpc) is 2.14. The second-order valence-corrected chi connectivity index (χ2v) is 4.20. The van der Waals surface area contributed by atoms with Crippen LogP contribution >= 0.6 is 11.1 Å². The number of rotatable bonds is 1. The molecule has 0 fully saturated rings. The van der Waals surface area contributed by atoms with Gasteiger partial charge in [-0.1, -0.05) is 12.2 Å². The number of hydrogen-bond donors (Lipinski definition) is 0. The third-order valence-electron chi connectivity index (χ3n) is 1.31. The lowest BCUT2D eigenvalue weighted by Gasteiger charge is -1.94. The minimum Gasteiger partial charge on any atom is -0.176 e. The largest absolute Gasteiger partial charge is 0.176 e. The molecule has 1 rings (SSSR count). The molecule has 0 aliphatic heterocycles. The molecule has 1 aliphatic carbocycles. The fraction of sp³-hybridized carbons (Fsp3) is 0.600. The van der Waals surface area contributed by atoms with Crippen molar-refractivity contribution in [2.24, 2.45) is 0 Å². The van der Waals surface area contributed by atoms with Gasteiger partial charge >= 0.3 is 0 Å². The molecule has 0 aromatic carbocycles. The summed E-state index contributed by atoms with van der Waals surface area (Å²) >= 11 is 5.70. The SMILES string of the molecule is Cl[SiH2]C1C=CCC1. The minimum absolute atomic E-state index is 0.224. The summed E-state index contributed by atoms with van der Waals surface area (Å²) in [5.74, 6) is 0. The van der Waals surface area contributed by atoms with E-state index in [4.69, 9.17) is 11.1 Å². The van der Waals surface area contributed by atoms with E-state index in [1.165, 1.54) is 12.8 Å². The van der Waals surface area contributed by atoms with Crippen molar-refractivity contribution in [3.8, 4) is 0 Å². The summed E-state index contributed by atoms with van der Waals surface area (Å²) in [7, 11) is -0.224. The molecular formula is C5H9ClSi. The van der Waals surface area contributed by atoms with Crippen LogP contribution in [0.2, 0.25) is 5.54 Å². The maximum Gasteiger partial charge on any atom is 0.132 e. The Morgan fingerprint density at radius 2 is 2.57 bits per heavy atom. The van der Waals surface area contributed by atoms with E-state index in [2.05, 4.69) is 12.2 Å². The van der Waals surface area contributed by atoms with E-state index in [1.807, 2.05) is 0 Å². The third-order valence-corrected chi connectivity index (χ3v) is 3.58. The van der Waals surface area contributed by atoms with Crippen LogP contribution in [0, 0.1) is 0 Å². The molecule has 40 valence electrons. The fourth-order valence-corrected chi connectivity index (χ4v) is 2.28. The highest BCUT2D eigenvalue weighted by Crippen LogP contribution is 2.21. The molecular weight excluding hydrogens is 124 g/mol. The average molecular weight is 133 g/mol. The lowest BCUT2D eigenvalue weighted by molar-refractivity contribution is 0.923. The molecule has 1 atom stereocenters. The molecule has 0 nitrogen and oxygen atoms in total. The summed E-state index contributed by atoms with van der Waals surface area (Å²) in [6.07, 6.45) is 7.10. The molecule has 0 aromatic heterocycles. The number of halogens is 1. The maximum absolute atomic E-state index is 5.70. The Balaban J connectivity index is 2.28. The molecule has 2 heteroatoms. The van der Waals surface area contributed by atoms with E-state index < -0.39 is 0 Å². The van der Waals surface area contributed by atoms with Gasteiger partial charge in [0.2, 0.25) is 0 Å². The van der Waals surface area contributed by atoms with Crippen molar-refractivity contribution in [3.05, 3.63) is 12.2 Å². The van der Waals surface area contributed by atoms with Crippen LogP contribution in [0.25, 0.3) is 0 Å². The highest BCUT2D eigenvalue weighted by Gasteiger charge is 2.06. The summed E-state index contributed by atoms with van der Waals surface area (Å²) in [5, 5.41) is 0. The van der Waals surface area contributed by atoms with Crippen LogP contribution in [-0.4, -0.2) is 8.83 Å². The number of allylic oxidation sites excluding steroid dienone is 2. The second kappa shape index (κ2) is 2.53. The zero-order valence-electron chi connectivity index (χ0n) is 4.23. The molecule has 0 N–H and O–H groups in total. The van der Waals surface area contributed by atoms with Gasteiger partial charge in [0.05, 0.1) is 0 Å². The van der Waals surface area contributed by atoms with Crippen LogP contribution in [0.4, 0.5) is 0 Å². The van der Waals surface area contributed by atoms with Crippen molar-refractivity contribution in [1.29, 1.82) is 0 Å². The van der Waals surface area contributed by atoms with Crippen LogP contribution in [0.1, 0.15) is 12.8 Å². The maximum atomic E-state index is 5.70. The Hall–Kier alpha value is 0.247. The molecule has 0 aromatic rings. The summed E-state index contributed by atoms with van der Waals surface area (Å²) in [6.45, 7) is 0. The van der Waals surface area contributed by atoms with Gasteiger partial charge in [-0.3, -0.25) is 0 Å². The first-order chi connectivity index (χ1) is 3.43. The van der Waals surface area contributed by atoms with Crippen LogP contribution in [-0.2, 0) is 0 Å². The Bertz CT molecular complexity index is 80.1. The molecule has 7 heavy (non-hydrogen) atoms. The van der Waals surface area contributed by atoms with Crippen LogP contribution < -0.4 is 0 Å². The standard InChI is InChI=1S/C5H9ClSi/c6-7-5-3-1-2-4-5/h1,3,5H,2,4,7H2. The van der Waals surface area contributed by atoms with Gasteiger partial charge in [0.15, 0.2) is 0 Å². The molecule has 0 amide bonds. The molecule has 0 saturated heterocycles. The first-order valence-electron chi connectivity index (χ1n) is 2.66. The van der Waals surface area contributed by atoms with Crippen molar-refractivity contribution in [3.63, 3.8) is 0 Å². The summed E-state index contributed by atoms with van der Waals surface area (Å²) < 4.78 is 0. The zero-order valence-corrected chi connectivity index (χ0v) is 6.40. The topological polar surface area (TPSA) is 0 Å². The predicted octanol–water partition coefficient (Wildman–Crippen LogP) is 1.45. The highest BCUT2D eigenvalue weighted by atomic mass is 35.6. The van der Waals surface area contributed by atoms with Crippen molar-refractivity contribution >= 4 is 19.9 Å². The molecule has 0 bridgehead atoms. The summed E-state index contributed by atoms with van der Waals surface area (Å²) in [6, 6.07) is 0. The lowest BCUT2D eigenvalue weighted by atomic mass is 10.4. The molecule has 1 unspecified atom stereocenters. The van der Waals surface area contributed by atoms with Gasteiger partial charge in [-0.25, -0.2) is 0 Å². The van der Waals surface area contributed by atoms with E-state index >= 15 is 0 Å². The lowest BCUT2D eigenvalue weighted by Crippen LogP contribution is -1.86. The Labute approximate surface area is 51.1 Å². The van der Waals surface area contributed by atoms with Crippen LogP contribution in [0.15, 0.2) is 12.2 Å². The molecule has 0 saturated carbocycles. The molecule has 1 aliphatic rings. The van der Waals surface area contributed by atoms with E-state index in [0.29, 0.717) is 0 Å². The van der Waals surface area contributed by atoms with Gasteiger partial charge in [-0.05, 0) is 18.4 Å². The Morgan fingerprint density at radius 1 is 1.71 bits per heavy atom. The van der Waals surface area contributed by atoms with Crippen molar-refractivity contribution in [1.82, 2.24) is 0 Å². The van der Waals surface area contributed by atoms with Crippen molar-refractivity contribution < 1.29 is 0 Å². The number of hydrogen-bond acceptors (Lipinski definition) is 0. The van der Waals surface area contributed by atoms with Crippen LogP contribution in [0.5, 0.6) is 0 Å². The minimum atomic E-state index is -0.224. The van der Waals surface area contributed by atoms with Gasteiger partial charge in [0.1, 0.15) is 8.83 Å². The Morgan fingerprint density at radius 3 is 2.86 bits per heavy atom. The highest BCUT2D eigenvalue weighted by molar-refractivity contribution is 6.94. The Kier molecular flexibility index (Phi) is 1.95. The normalized spacial score (nSPS) is 30.7. The van der Waals surface area contributed by atoms with Crippen LogP contribution in [0.3, 0.4) is 0 Å². The van der Waals surface area contributed by atoms with E-state index in [-0.39, 0.29) is 8.83 Å². The van der Waals surface area contributed by atoms with Gasteiger partial charge in [0, 0.05) is 0 Å². The monoisotopic (exact) mass is 132 g/mol. The van der Waals surface area contributed by atoms with Gasteiger partial charge in [-0.2, -0.15) is 11.1 Å². The first-order valence-corrected chi connectivity index (χ1v) is 5.61. The van der Waals surface area contributed by atoms with E-state index in [1.54, 1.807) is 0 Å². The predicted molar refractivity (Wildman–Crippen MR) is 36.5 cm³/mol. The molecule has 0 spiro atoms. The van der Waals surface area contributed by atoms with Gasteiger partial charge in [0.25, 0.3) is 0 Å². The second-order valence-electron chi connectivity index (χ2n) is 1.92. The van der Waals surface area contributed by atoms with Gasteiger partial charge in [-0.15, -0.1) is 0 Å². The quantitative estimate of drug-likeness (QED) is 0.288. The smallest absolute Gasteiger partial charge is 0.132 e. The molecule has 0 radical (unpaired) electrons. The fourth-order valence-electron chi connectivity index (χ4n) is 0.824. The van der Waals surface area contributed by atoms with Crippen molar-refractivity contribution in [2.45, 2.75) is 18.4 Å². The van der Waals surface area contributed by atoms with E-state index in [0.717, 1.165) is 5.54 Å². The van der Waals surface area contributed by atoms with Gasteiger partial charge < -0.3 is 0 Å². The van der Waals surface area contributed by atoms with E-state index in [9.17, 15) is 0 Å². The summed E-state index contributed by atoms with van der Waals surface area (Å²) in [5.41, 5.74) is 0.821.